The van der Waals surface area contributed by atoms with Gasteiger partial charge in [-0.2, -0.15) is 0 Å². The molecule has 0 aliphatic carbocycles. The van der Waals surface area contributed by atoms with Crippen LogP contribution in [0.4, 0.5) is 9.18 Å². The normalized spacial score (nSPS) is 19.2. The summed E-state index contributed by atoms with van der Waals surface area (Å²) in [7, 11) is 0. The fourth-order valence-electron chi connectivity index (χ4n) is 3.10. The van der Waals surface area contributed by atoms with Crippen molar-refractivity contribution in [2.75, 3.05) is 0 Å². The Hall–Kier alpha value is -3.00. The molecule has 2 aromatic carbocycles. The van der Waals surface area contributed by atoms with Crippen molar-refractivity contribution in [2.45, 2.75) is 19.0 Å². The Kier molecular flexibility index (Phi) is 4.50. The van der Waals surface area contributed by atoms with Gasteiger partial charge in [-0.05, 0) is 48.9 Å². The van der Waals surface area contributed by atoms with Crippen molar-refractivity contribution < 1.29 is 18.4 Å². The van der Waals surface area contributed by atoms with Gasteiger partial charge in [-0.3, -0.25) is 9.69 Å². The summed E-state index contributed by atoms with van der Waals surface area (Å²) in [5.41, 5.74) is 0.145. The van der Waals surface area contributed by atoms with Crippen molar-refractivity contribution in [3.8, 4) is 11.3 Å². The number of carbonyl (C=O) groups excluding carboxylic acids is 2. The highest BCUT2D eigenvalue weighted by atomic mass is 79.9. The number of nitrogens with one attached hydrogen (secondary N) is 1. The summed E-state index contributed by atoms with van der Waals surface area (Å²) in [5, 5.41) is 2.74. The van der Waals surface area contributed by atoms with Gasteiger partial charge < -0.3 is 9.73 Å². The van der Waals surface area contributed by atoms with E-state index in [0.29, 0.717) is 16.9 Å². The molecule has 0 spiro atoms. The zero-order chi connectivity index (χ0) is 19.9. The number of rotatable bonds is 4. The predicted octanol–water partition coefficient (Wildman–Crippen LogP) is 4.21. The van der Waals surface area contributed by atoms with Gasteiger partial charge in [0.05, 0.1) is 6.20 Å². The van der Waals surface area contributed by atoms with E-state index in [1.54, 1.807) is 37.3 Å². The molecule has 0 saturated carbocycles. The number of amides is 3. The second-order valence-electron chi connectivity index (χ2n) is 6.58. The fourth-order valence-corrected chi connectivity index (χ4v) is 3.50. The molecule has 6 nitrogen and oxygen atoms in total. The zero-order valence-corrected chi connectivity index (χ0v) is 16.4. The Labute approximate surface area is 168 Å². The van der Waals surface area contributed by atoms with Crippen molar-refractivity contribution in [1.82, 2.24) is 15.2 Å². The summed E-state index contributed by atoms with van der Waals surface area (Å²) >= 11 is 3.38. The maximum absolute atomic E-state index is 13.1. The first-order chi connectivity index (χ1) is 13.4. The van der Waals surface area contributed by atoms with Crippen molar-refractivity contribution in [3.05, 3.63) is 76.5 Å². The lowest BCUT2D eigenvalue weighted by atomic mass is 9.92. The summed E-state index contributed by atoms with van der Waals surface area (Å²) in [6, 6.07) is 12.5. The number of nitrogens with zero attached hydrogens (tertiary/aromatic N) is 2. The van der Waals surface area contributed by atoms with Crippen LogP contribution >= 0.6 is 15.9 Å². The van der Waals surface area contributed by atoms with Crippen LogP contribution in [0.25, 0.3) is 11.3 Å². The Balaban J connectivity index is 1.56. The van der Waals surface area contributed by atoms with Crippen molar-refractivity contribution in [3.63, 3.8) is 0 Å². The van der Waals surface area contributed by atoms with Gasteiger partial charge in [0.15, 0.2) is 5.76 Å². The molecule has 1 fully saturated rings. The highest BCUT2D eigenvalue weighted by Gasteiger charge is 2.49. The Morgan fingerprint density at radius 3 is 2.68 bits per heavy atom. The molecule has 1 saturated heterocycles. The molecule has 1 unspecified atom stereocenters. The standard InChI is InChI=1S/C20H15BrFN3O3/c1-20(13-3-2-4-14(21)9-13)18(26)25(19(27)24-20)11-17-23-10-16(28-17)12-5-7-15(22)8-6-12/h2-10H,11H2,1H3,(H,24,27). The average Bonchev–Trinajstić information content (AvgIpc) is 3.22. The van der Waals surface area contributed by atoms with Crippen LogP contribution in [-0.2, 0) is 16.9 Å². The third-order valence-corrected chi connectivity index (χ3v) is 5.15. The summed E-state index contributed by atoms with van der Waals surface area (Å²) < 4.78 is 19.5. The number of hydrogen-bond donors (Lipinski definition) is 1. The van der Waals surface area contributed by atoms with E-state index in [4.69, 9.17) is 4.42 Å². The SMILES string of the molecule is CC1(c2cccc(Br)c2)NC(=O)N(Cc2ncc(-c3ccc(F)cc3)o2)C1=O. The molecular formula is C20H15BrFN3O3. The van der Waals surface area contributed by atoms with E-state index in [9.17, 15) is 14.0 Å². The number of aromatic nitrogens is 1. The summed E-state index contributed by atoms with van der Waals surface area (Å²) in [5.74, 6) is -0.107. The van der Waals surface area contributed by atoms with Gasteiger partial charge in [-0.15, -0.1) is 0 Å². The van der Waals surface area contributed by atoms with Crippen LogP contribution < -0.4 is 5.32 Å². The molecule has 1 N–H and O–H groups in total. The van der Waals surface area contributed by atoms with E-state index in [1.165, 1.54) is 18.3 Å². The highest BCUT2D eigenvalue weighted by Crippen LogP contribution is 2.31. The van der Waals surface area contributed by atoms with Crippen LogP contribution in [0.5, 0.6) is 0 Å². The number of benzene rings is 2. The van der Waals surface area contributed by atoms with E-state index in [-0.39, 0.29) is 18.3 Å². The van der Waals surface area contributed by atoms with E-state index in [2.05, 4.69) is 26.2 Å². The highest BCUT2D eigenvalue weighted by molar-refractivity contribution is 9.10. The first kappa shape index (κ1) is 18.4. The smallest absolute Gasteiger partial charge is 0.325 e. The molecule has 4 rings (SSSR count). The first-order valence-electron chi connectivity index (χ1n) is 8.47. The van der Waals surface area contributed by atoms with Crippen molar-refractivity contribution in [1.29, 1.82) is 0 Å². The lowest BCUT2D eigenvalue weighted by Crippen LogP contribution is -2.40. The molecule has 1 aliphatic rings. The fraction of sp³-hybridized carbons (Fsp3) is 0.150. The Bertz CT molecular complexity index is 1070. The molecular weight excluding hydrogens is 429 g/mol. The number of hydrogen-bond acceptors (Lipinski definition) is 4. The Morgan fingerprint density at radius 2 is 1.96 bits per heavy atom. The number of urea groups is 1. The van der Waals surface area contributed by atoms with E-state index < -0.39 is 17.5 Å². The summed E-state index contributed by atoms with van der Waals surface area (Å²) in [6.45, 7) is 1.56. The number of imide groups is 1. The second kappa shape index (κ2) is 6.87. The minimum Gasteiger partial charge on any atom is -0.439 e. The molecule has 3 aromatic rings. The van der Waals surface area contributed by atoms with Gasteiger partial charge in [0.1, 0.15) is 17.9 Å². The van der Waals surface area contributed by atoms with Crippen LogP contribution in [0.2, 0.25) is 0 Å². The van der Waals surface area contributed by atoms with Crippen LogP contribution in [0.1, 0.15) is 18.4 Å². The molecule has 142 valence electrons. The molecule has 1 aliphatic heterocycles. The Morgan fingerprint density at radius 1 is 1.21 bits per heavy atom. The van der Waals surface area contributed by atoms with Crippen LogP contribution in [-0.4, -0.2) is 21.8 Å². The van der Waals surface area contributed by atoms with Gasteiger partial charge >= 0.3 is 6.03 Å². The summed E-state index contributed by atoms with van der Waals surface area (Å²) in [6.07, 6.45) is 1.48. The van der Waals surface area contributed by atoms with Crippen molar-refractivity contribution >= 4 is 27.9 Å². The number of carbonyl (C=O) groups is 2. The summed E-state index contributed by atoms with van der Waals surface area (Å²) in [4.78, 5) is 30.6. The first-order valence-corrected chi connectivity index (χ1v) is 9.27. The van der Waals surface area contributed by atoms with Crippen molar-refractivity contribution in [2.24, 2.45) is 0 Å². The van der Waals surface area contributed by atoms with Crippen LogP contribution in [0.3, 0.4) is 0 Å². The second-order valence-corrected chi connectivity index (χ2v) is 7.50. The van der Waals surface area contributed by atoms with E-state index in [0.717, 1.165) is 9.37 Å². The van der Waals surface area contributed by atoms with Gasteiger partial charge in [0.2, 0.25) is 5.89 Å². The average molecular weight is 444 g/mol. The molecule has 1 aromatic heterocycles. The molecule has 8 heteroatoms. The van der Waals surface area contributed by atoms with Crippen LogP contribution in [0.15, 0.2) is 63.6 Å². The molecule has 2 heterocycles. The third-order valence-electron chi connectivity index (χ3n) is 4.65. The number of halogens is 2. The number of oxazole rings is 1. The van der Waals surface area contributed by atoms with E-state index in [1.807, 2.05) is 6.07 Å². The van der Waals surface area contributed by atoms with E-state index >= 15 is 0 Å². The van der Waals surface area contributed by atoms with Gasteiger partial charge in [0, 0.05) is 10.0 Å². The maximum Gasteiger partial charge on any atom is 0.325 e. The lowest BCUT2D eigenvalue weighted by Gasteiger charge is -2.22. The molecule has 1 atom stereocenters. The van der Waals surface area contributed by atoms with Crippen LogP contribution in [0, 0.1) is 5.82 Å². The molecule has 3 amide bonds. The largest absolute Gasteiger partial charge is 0.439 e. The quantitative estimate of drug-likeness (QED) is 0.612. The maximum atomic E-state index is 13.1. The minimum absolute atomic E-state index is 0.102. The topological polar surface area (TPSA) is 75.4 Å². The van der Waals surface area contributed by atoms with Gasteiger partial charge in [-0.25, -0.2) is 14.2 Å². The molecule has 28 heavy (non-hydrogen) atoms. The monoisotopic (exact) mass is 443 g/mol. The zero-order valence-electron chi connectivity index (χ0n) is 14.8. The van der Waals surface area contributed by atoms with Gasteiger partial charge in [-0.1, -0.05) is 28.1 Å². The molecule has 0 radical (unpaired) electrons. The minimum atomic E-state index is -1.17. The lowest BCUT2D eigenvalue weighted by molar-refractivity contribution is -0.131. The molecule has 0 bridgehead atoms. The van der Waals surface area contributed by atoms with Gasteiger partial charge in [0.25, 0.3) is 5.91 Å². The third kappa shape index (κ3) is 3.20. The predicted molar refractivity (Wildman–Crippen MR) is 102 cm³/mol.